The van der Waals surface area contributed by atoms with Gasteiger partial charge in [-0.05, 0) is 37.1 Å². The van der Waals surface area contributed by atoms with Crippen molar-refractivity contribution < 1.29 is 14.3 Å². The summed E-state index contributed by atoms with van der Waals surface area (Å²) >= 11 is 6.24. The molecule has 27 heavy (non-hydrogen) atoms. The number of nitrogens with zero attached hydrogens (tertiary/aromatic N) is 1. The second-order valence-corrected chi connectivity index (χ2v) is 6.21. The number of amidine groups is 1. The molecule has 0 aliphatic rings. The van der Waals surface area contributed by atoms with Crippen molar-refractivity contribution in [2.75, 3.05) is 13.2 Å². The number of carbonyl (C=O) groups is 1. The number of rotatable bonds is 9. The van der Waals surface area contributed by atoms with E-state index in [-0.39, 0.29) is 18.3 Å². The number of benzene rings is 2. The van der Waals surface area contributed by atoms with Gasteiger partial charge in [0.25, 0.3) is 5.91 Å². The predicted octanol–water partition coefficient (Wildman–Crippen LogP) is 3.63. The van der Waals surface area contributed by atoms with E-state index < -0.39 is 6.10 Å². The van der Waals surface area contributed by atoms with Crippen molar-refractivity contribution in [3.8, 4) is 5.75 Å². The van der Waals surface area contributed by atoms with Crippen LogP contribution in [0.1, 0.15) is 36.6 Å². The molecule has 0 aliphatic heterocycles. The zero-order chi connectivity index (χ0) is 19.8. The number of hydrogen-bond acceptors (Lipinski definition) is 4. The average Bonchev–Trinajstić information content (AvgIpc) is 2.67. The molecule has 0 aliphatic carbocycles. The maximum Gasteiger partial charge on any atom is 0.270 e. The Bertz CT molecular complexity index is 763. The SMILES string of the molecule is CCOc1ccc(C(OCC)C(=O)N(Cl)Cc2ccc(C(=N)N)cc2)cc1. The lowest BCUT2D eigenvalue weighted by atomic mass is 10.1. The highest BCUT2D eigenvalue weighted by atomic mass is 35.5. The first kappa shape index (κ1) is 20.7. The largest absolute Gasteiger partial charge is 0.494 e. The first-order valence-corrected chi connectivity index (χ1v) is 9.04. The summed E-state index contributed by atoms with van der Waals surface area (Å²) in [7, 11) is 0. The molecule has 144 valence electrons. The molecule has 0 spiro atoms. The second kappa shape index (κ2) is 9.94. The number of halogens is 1. The summed E-state index contributed by atoms with van der Waals surface area (Å²) in [6.07, 6.45) is -0.792. The Balaban J connectivity index is 2.11. The van der Waals surface area contributed by atoms with E-state index in [1.807, 2.05) is 13.8 Å². The maximum atomic E-state index is 12.8. The summed E-state index contributed by atoms with van der Waals surface area (Å²) in [6.45, 7) is 4.90. The Labute approximate surface area is 164 Å². The third-order valence-corrected chi connectivity index (χ3v) is 4.16. The molecule has 2 rings (SSSR count). The second-order valence-electron chi connectivity index (χ2n) is 5.81. The third-order valence-electron chi connectivity index (χ3n) is 3.88. The summed E-state index contributed by atoms with van der Waals surface area (Å²) in [5, 5.41) is 7.42. The van der Waals surface area contributed by atoms with Gasteiger partial charge < -0.3 is 15.2 Å². The minimum atomic E-state index is -0.792. The van der Waals surface area contributed by atoms with Crippen LogP contribution in [0.15, 0.2) is 48.5 Å². The Morgan fingerprint density at radius 2 is 1.74 bits per heavy atom. The first-order chi connectivity index (χ1) is 13.0. The van der Waals surface area contributed by atoms with Gasteiger partial charge in [-0.15, -0.1) is 0 Å². The highest BCUT2D eigenvalue weighted by Gasteiger charge is 2.26. The Hall–Kier alpha value is -2.57. The van der Waals surface area contributed by atoms with Gasteiger partial charge in [0, 0.05) is 23.9 Å². The molecule has 3 N–H and O–H groups in total. The zero-order valence-electron chi connectivity index (χ0n) is 15.4. The summed E-state index contributed by atoms with van der Waals surface area (Å²) in [6, 6.07) is 14.2. The van der Waals surface area contributed by atoms with Crippen LogP contribution in [-0.4, -0.2) is 29.4 Å². The lowest BCUT2D eigenvalue weighted by Crippen LogP contribution is -2.29. The summed E-state index contributed by atoms with van der Waals surface area (Å²) < 4.78 is 12.2. The van der Waals surface area contributed by atoms with Crippen LogP contribution in [0.2, 0.25) is 0 Å². The van der Waals surface area contributed by atoms with E-state index in [2.05, 4.69) is 0 Å². The molecule has 0 saturated heterocycles. The molecular formula is C20H24ClN3O3. The molecule has 0 saturated carbocycles. The van der Waals surface area contributed by atoms with Crippen molar-refractivity contribution in [1.82, 2.24) is 4.42 Å². The van der Waals surface area contributed by atoms with Crippen LogP contribution in [-0.2, 0) is 16.1 Å². The lowest BCUT2D eigenvalue weighted by Gasteiger charge is -2.22. The zero-order valence-corrected chi connectivity index (χ0v) is 16.2. The van der Waals surface area contributed by atoms with Crippen molar-refractivity contribution in [2.45, 2.75) is 26.5 Å². The Morgan fingerprint density at radius 1 is 1.11 bits per heavy atom. The average molecular weight is 390 g/mol. The van der Waals surface area contributed by atoms with E-state index >= 15 is 0 Å². The third kappa shape index (κ3) is 5.70. The number of nitrogens with two attached hydrogens (primary N) is 1. The van der Waals surface area contributed by atoms with Crippen LogP contribution in [0, 0.1) is 5.41 Å². The number of carbonyl (C=O) groups excluding carboxylic acids is 1. The summed E-state index contributed by atoms with van der Waals surface area (Å²) in [5.74, 6) is 0.378. The summed E-state index contributed by atoms with van der Waals surface area (Å²) in [5.41, 5.74) is 7.60. The Morgan fingerprint density at radius 3 is 2.26 bits per heavy atom. The molecule has 0 aromatic heterocycles. The fraction of sp³-hybridized carbons (Fsp3) is 0.300. The fourth-order valence-electron chi connectivity index (χ4n) is 2.54. The van der Waals surface area contributed by atoms with Crippen molar-refractivity contribution in [1.29, 1.82) is 5.41 Å². The molecule has 1 unspecified atom stereocenters. The molecule has 0 bridgehead atoms. The smallest absolute Gasteiger partial charge is 0.270 e. The number of hydrogen-bond donors (Lipinski definition) is 2. The summed E-state index contributed by atoms with van der Waals surface area (Å²) in [4.78, 5) is 12.8. The normalized spacial score (nSPS) is 11.7. The van der Waals surface area contributed by atoms with Gasteiger partial charge in [0.2, 0.25) is 0 Å². The molecule has 7 heteroatoms. The molecular weight excluding hydrogens is 366 g/mol. The van der Waals surface area contributed by atoms with Gasteiger partial charge in [-0.3, -0.25) is 10.2 Å². The molecule has 2 aromatic carbocycles. The minimum Gasteiger partial charge on any atom is -0.494 e. The topological polar surface area (TPSA) is 88.6 Å². The van der Waals surface area contributed by atoms with Gasteiger partial charge in [0.05, 0.1) is 13.2 Å². The quantitative estimate of drug-likeness (QED) is 0.389. The van der Waals surface area contributed by atoms with Crippen LogP contribution in [0.4, 0.5) is 0 Å². The lowest BCUT2D eigenvalue weighted by molar-refractivity contribution is -0.139. The highest BCUT2D eigenvalue weighted by molar-refractivity contribution is 6.21. The molecule has 6 nitrogen and oxygen atoms in total. The van der Waals surface area contributed by atoms with E-state index in [0.717, 1.165) is 15.7 Å². The Kier molecular flexibility index (Phi) is 7.64. The van der Waals surface area contributed by atoms with Crippen LogP contribution < -0.4 is 10.5 Å². The van der Waals surface area contributed by atoms with Gasteiger partial charge in [0.15, 0.2) is 6.10 Å². The molecule has 0 radical (unpaired) electrons. The molecule has 1 atom stereocenters. The van der Waals surface area contributed by atoms with Gasteiger partial charge >= 0.3 is 0 Å². The van der Waals surface area contributed by atoms with E-state index in [4.69, 9.17) is 32.4 Å². The van der Waals surface area contributed by atoms with Gasteiger partial charge in [-0.1, -0.05) is 36.4 Å². The van der Waals surface area contributed by atoms with Gasteiger partial charge in [0.1, 0.15) is 11.6 Å². The van der Waals surface area contributed by atoms with Crippen molar-refractivity contribution in [3.63, 3.8) is 0 Å². The first-order valence-electron chi connectivity index (χ1n) is 8.71. The monoisotopic (exact) mass is 389 g/mol. The number of amides is 1. The highest BCUT2D eigenvalue weighted by Crippen LogP contribution is 2.25. The van der Waals surface area contributed by atoms with E-state index in [9.17, 15) is 4.79 Å². The minimum absolute atomic E-state index is 0.00716. The van der Waals surface area contributed by atoms with E-state index in [0.29, 0.717) is 24.3 Å². The van der Waals surface area contributed by atoms with Crippen molar-refractivity contribution in [2.24, 2.45) is 5.73 Å². The molecule has 0 heterocycles. The fourth-order valence-corrected chi connectivity index (χ4v) is 2.76. The molecule has 1 amide bonds. The molecule has 2 aromatic rings. The van der Waals surface area contributed by atoms with E-state index in [1.54, 1.807) is 48.5 Å². The van der Waals surface area contributed by atoms with Crippen molar-refractivity contribution in [3.05, 3.63) is 65.2 Å². The van der Waals surface area contributed by atoms with E-state index in [1.165, 1.54) is 0 Å². The number of nitrogen functional groups attached to an aromatic ring is 1. The van der Waals surface area contributed by atoms with Gasteiger partial charge in [-0.25, -0.2) is 4.42 Å². The molecule has 0 fully saturated rings. The predicted molar refractivity (Wildman–Crippen MR) is 106 cm³/mol. The van der Waals surface area contributed by atoms with Gasteiger partial charge in [-0.2, -0.15) is 0 Å². The van der Waals surface area contributed by atoms with Crippen LogP contribution in [0.5, 0.6) is 5.75 Å². The number of nitrogens with one attached hydrogen (secondary N) is 1. The maximum absolute atomic E-state index is 12.8. The van der Waals surface area contributed by atoms with Crippen molar-refractivity contribution >= 4 is 23.5 Å². The number of ether oxygens (including phenoxy) is 2. The van der Waals surface area contributed by atoms with Crippen LogP contribution in [0.3, 0.4) is 0 Å². The van der Waals surface area contributed by atoms with Crippen LogP contribution >= 0.6 is 11.8 Å². The standard InChI is InChI=1S/C20H24ClN3O3/c1-3-26-17-11-9-15(10-12-17)18(27-4-2)20(25)24(21)13-14-5-7-16(8-6-14)19(22)23/h5-12,18H,3-4,13H2,1-2H3,(H3,22,23). The van der Waals surface area contributed by atoms with Crippen LogP contribution in [0.25, 0.3) is 0 Å².